The van der Waals surface area contributed by atoms with Gasteiger partial charge in [-0.25, -0.2) is 13.6 Å². The highest BCUT2D eigenvalue weighted by Crippen LogP contribution is 2.31. The van der Waals surface area contributed by atoms with E-state index in [1.165, 1.54) is 0 Å². The highest BCUT2D eigenvalue weighted by molar-refractivity contribution is 5.68. The zero-order chi connectivity index (χ0) is 13.3. The third kappa shape index (κ3) is 4.11. The number of hydrogen-bond donors (Lipinski definition) is 1. The van der Waals surface area contributed by atoms with Crippen LogP contribution in [0.15, 0.2) is 0 Å². The fraction of sp³-hybridized carbons (Fsp3) is 0.909. The van der Waals surface area contributed by atoms with Gasteiger partial charge in [0.1, 0.15) is 5.60 Å². The molecular weight excluding hydrogens is 232 g/mol. The molecule has 0 spiro atoms. The van der Waals surface area contributed by atoms with Crippen LogP contribution >= 0.6 is 0 Å². The Bertz CT molecular complexity index is 289. The minimum Gasteiger partial charge on any atom is -0.444 e. The number of amides is 1. The second kappa shape index (κ2) is 4.76. The van der Waals surface area contributed by atoms with E-state index in [1.54, 1.807) is 20.8 Å². The number of aliphatic hydroxyl groups excluding tert-OH is 1. The summed E-state index contributed by atoms with van der Waals surface area (Å²) in [6.07, 6.45) is -1.02. The van der Waals surface area contributed by atoms with E-state index < -0.39 is 30.2 Å². The van der Waals surface area contributed by atoms with Gasteiger partial charge in [0.05, 0.1) is 19.2 Å². The quantitative estimate of drug-likeness (QED) is 0.775. The van der Waals surface area contributed by atoms with E-state index in [1.807, 2.05) is 0 Å². The molecule has 0 aromatic carbocycles. The number of rotatable bonds is 1. The van der Waals surface area contributed by atoms with Crippen LogP contribution in [-0.2, 0) is 4.74 Å². The van der Waals surface area contributed by atoms with Crippen molar-refractivity contribution in [2.45, 2.75) is 51.2 Å². The predicted octanol–water partition coefficient (Wildman–Crippen LogP) is 2.01. The Labute approximate surface area is 99.5 Å². The second-order valence-corrected chi connectivity index (χ2v) is 5.34. The van der Waals surface area contributed by atoms with Crippen molar-refractivity contribution >= 4 is 6.09 Å². The summed E-state index contributed by atoms with van der Waals surface area (Å²) in [5.41, 5.74) is -0.732. The largest absolute Gasteiger partial charge is 0.444 e. The molecule has 100 valence electrons. The second-order valence-electron chi connectivity index (χ2n) is 5.34. The van der Waals surface area contributed by atoms with Crippen LogP contribution in [0.4, 0.5) is 13.6 Å². The summed E-state index contributed by atoms with van der Waals surface area (Å²) in [5.74, 6) is -2.90. The monoisotopic (exact) mass is 251 g/mol. The van der Waals surface area contributed by atoms with Crippen molar-refractivity contribution in [1.82, 2.24) is 4.90 Å². The zero-order valence-corrected chi connectivity index (χ0v) is 10.4. The maximum atomic E-state index is 13.2. The molecule has 0 unspecified atom stereocenters. The number of likely N-dealkylation sites (tertiary alicyclic amines) is 1. The smallest absolute Gasteiger partial charge is 0.410 e. The molecule has 1 N–H and O–H groups in total. The summed E-state index contributed by atoms with van der Waals surface area (Å²) >= 11 is 0. The van der Waals surface area contributed by atoms with Gasteiger partial charge in [-0.3, -0.25) is 4.90 Å². The minimum atomic E-state index is -2.90. The first-order valence-electron chi connectivity index (χ1n) is 5.63. The van der Waals surface area contributed by atoms with Gasteiger partial charge < -0.3 is 9.84 Å². The van der Waals surface area contributed by atoms with Crippen LogP contribution in [0.25, 0.3) is 0 Å². The van der Waals surface area contributed by atoms with Gasteiger partial charge in [-0.15, -0.1) is 0 Å². The zero-order valence-electron chi connectivity index (χ0n) is 10.4. The van der Waals surface area contributed by atoms with Crippen molar-refractivity contribution in [3.63, 3.8) is 0 Å². The number of piperidine rings is 1. The Morgan fingerprint density at radius 1 is 1.53 bits per heavy atom. The lowest BCUT2D eigenvalue weighted by atomic mass is 10.0. The van der Waals surface area contributed by atoms with E-state index in [0.29, 0.717) is 0 Å². The van der Waals surface area contributed by atoms with E-state index in [-0.39, 0.29) is 19.4 Å². The molecule has 1 amide bonds. The molecule has 4 nitrogen and oxygen atoms in total. The van der Waals surface area contributed by atoms with E-state index in [9.17, 15) is 13.6 Å². The summed E-state index contributed by atoms with van der Waals surface area (Å²) in [6.45, 7) is 3.99. The third-order valence-electron chi connectivity index (χ3n) is 2.52. The number of carbonyl (C=O) groups excluding carboxylic acids is 1. The first-order chi connectivity index (χ1) is 7.64. The molecule has 1 fully saturated rings. The normalized spacial score (nSPS) is 24.6. The molecular formula is C11H19F2NO3. The SMILES string of the molecule is CC(C)(C)OC(=O)N1CC(F)(F)CC[C@@H]1CO. The van der Waals surface area contributed by atoms with Gasteiger partial charge in [0.2, 0.25) is 0 Å². The third-order valence-corrected chi connectivity index (χ3v) is 2.52. The van der Waals surface area contributed by atoms with E-state index in [2.05, 4.69) is 0 Å². The Hall–Kier alpha value is -0.910. The topological polar surface area (TPSA) is 49.8 Å². The molecule has 0 aromatic heterocycles. The van der Waals surface area contributed by atoms with E-state index in [4.69, 9.17) is 9.84 Å². The minimum absolute atomic E-state index is 0.0861. The number of halogens is 2. The number of aliphatic hydroxyl groups is 1. The van der Waals surface area contributed by atoms with Gasteiger partial charge in [0.15, 0.2) is 0 Å². The molecule has 17 heavy (non-hydrogen) atoms. The molecule has 0 radical (unpaired) electrons. The molecule has 6 heteroatoms. The molecule has 0 aliphatic carbocycles. The van der Waals surface area contributed by atoms with Gasteiger partial charge in [0.25, 0.3) is 5.92 Å². The van der Waals surface area contributed by atoms with Gasteiger partial charge in [-0.05, 0) is 27.2 Å². The van der Waals surface area contributed by atoms with Crippen molar-refractivity contribution in [1.29, 1.82) is 0 Å². The molecule has 1 aliphatic rings. The van der Waals surface area contributed by atoms with E-state index >= 15 is 0 Å². The average molecular weight is 251 g/mol. The number of hydrogen-bond acceptors (Lipinski definition) is 3. The predicted molar refractivity (Wildman–Crippen MR) is 58.0 cm³/mol. The fourth-order valence-corrected chi connectivity index (χ4v) is 1.72. The van der Waals surface area contributed by atoms with Crippen molar-refractivity contribution in [3.05, 3.63) is 0 Å². The van der Waals surface area contributed by atoms with Crippen molar-refractivity contribution < 1.29 is 23.4 Å². The summed E-state index contributed by atoms with van der Waals surface area (Å²) in [4.78, 5) is 12.7. The van der Waals surface area contributed by atoms with E-state index in [0.717, 1.165) is 4.90 Å². The Balaban J connectivity index is 2.73. The first kappa shape index (κ1) is 14.2. The highest BCUT2D eigenvalue weighted by Gasteiger charge is 2.43. The Morgan fingerprint density at radius 3 is 2.59 bits per heavy atom. The molecule has 1 saturated heterocycles. The van der Waals surface area contributed by atoms with Crippen LogP contribution in [0, 0.1) is 0 Å². The van der Waals surface area contributed by atoms with Crippen LogP contribution in [-0.4, -0.2) is 46.8 Å². The molecule has 0 saturated carbocycles. The number of ether oxygens (including phenoxy) is 1. The number of carbonyl (C=O) groups is 1. The van der Waals surface area contributed by atoms with Crippen LogP contribution < -0.4 is 0 Å². The summed E-state index contributed by atoms with van der Waals surface area (Å²) in [5, 5.41) is 9.08. The van der Waals surface area contributed by atoms with Crippen LogP contribution in [0.3, 0.4) is 0 Å². The van der Waals surface area contributed by atoms with Crippen molar-refractivity contribution in [3.8, 4) is 0 Å². The molecule has 1 aliphatic heterocycles. The van der Waals surface area contributed by atoms with Crippen LogP contribution in [0.5, 0.6) is 0 Å². The summed E-state index contributed by atoms with van der Waals surface area (Å²) in [6, 6.07) is -0.579. The standard InChI is InChI=1S/C11H19F2NO3/c1-10(2,3)17-9(16)14-7-11(12,13)5-4-8(14)6-15/h8,15H,4-7H2,1-3H3/t8-/m1/s1. The number of alkyl halides is 2. The molecule has 1 rings (SSSR count). The molecule has 0 bridgehead atoms. The van der Waals surface area contributed by atoms with Gasteiger partial charge in [0, 0.05) is 6.42 Å². The molecule has 1 heterocycles. The Morgan fingerprint density at radius 2 is 2.12 bits per heavy atom. The van der Waals surface area contributed by atoms with Crippen LogP contribution in [0.1, 0.15) is 33.6 Å². The van der Waals surface area contributed by atoms with Crippen LogP contribution in [0.2, 0.25) is 0 Å². The first-order valence-corrected chi connectivity index (χ1v) is 5.63. The lowest BCUT2D eigenvalue weighted by Gasteiger charge is -2.39. The van der Waals surface area contributed by atoms with Gasteiger partial charge >= 0.3 is 6.09 Å². The summed E-state index contributed by atoms with van der Waals surface area (Å²) in [7, 11) is 0. The van der Waals surface area contributed by atoms with Gasteiger partial charge in [-0.2, -0.15) is 0 Å². The van der Waals surface area contributed by atoms with Gasteiger partial charge in [-0.1, -0.05) is 0 Å². The molecule has 1 atom stereocenters. The van der Waals surface area contributed by atoms with Crippen molar-refractivity contribution in [2.24, 2.45) is 0 Å². The summed E-state index contributed by atoms with van der Waals surface area (Å²) < 4.78 is 31.5. The highest BCUT2D eigenvalue weighted by atomic mass is 19.3. The van der Waals surface area contributed by atoms with Crippen molar-refractivity contribution in [2.75, 3.05) is 13.2 Å². The lowest BCUT2D eigenvalue weighted by Crippen LogP contribution is -2.54. The fourth-order valence-electron chi connectivity index (χ4n) is 1.72. The lowest BCUT2D eigenvalue weighted by molar-refractivity contribution is -0.0915. The average Bonchev–Trinajstić information content (AvgIpc) is 2.13. The Kier molecular flexibility index (Phi) is 3.96. The maximum Gasteiger partial charge on any atom is 0.410 e. The number of nitrogens with zero attached hydrogens (tertiary/aromatic N) is 1. The molecule has 0 aromatic rings. The maximum absolute atomic E-state index is 13.2.